The average molecular weight is 315 g/mol. The van der Waals surface area contributed by atoms with E-state index in [1.165, 1.54) is 0 Å². The Morgan fingerprint density at radius 1 is 1.14 bits per heavy atom. The number of hydrogen-bond acceptors (Lipinski definition) is 3. The van der Waals surface area contributed by atoms with Crippen molar-refractivity contribution >= 4 is 30.0 Å². The van der Waals surface area contributed by atoms with Crippen molar-refractivity contribution in [3.8, 4) is 11.4 Å². The summed E-state index contributed by atoms with van der Waals surface area (Å²) in [6, 6.07) is 17.2. The summed E-state index contributed by atoms with van der Waals surface area (Å²) >= 11 is 11.2. The van der Waals surface area contributed by atoms with Crippen LogP contribution in [-0.2, 0) is 0 Å². The second-order valence-corrected chi connectivity index (χ2v) is 5.15. The van der Waals surface area contributed by atoms with Gasteiger partial charge in [0.25, 0.3) is 0 Å². The first-order chi connectivity index (χ1) is 10.2. The van der Waals surface area contributed by atoms with Crippen LogP contribution in [0, 0.1) is 4.77 Å². The largest absolute Gasteiger partial charge is 0.250 e. The fraction of sp³-hybridized carbons (Fsp3) is 0. The van der Waals surface area contributed by atoms with E-state index in [-0.39, 0.29) is 0 Å². The van der Waals surface area contributed by atoms with Gasteiger partial charge in [0.05, 0.1) is 6.21 Å². The highest BCUT2D eigenvalue weighted by atomic mass is 35.5. The van der Waals surface area contributed by atoms with Gasteiger partial charge in [0.1, 0.15) is 0 Å². The van der Waals surface area contributed by atoms with Crippen molar-refractivity contribution in [3.05, 3.63) is 70.0 Å². The summed E-state index contributed by atoms with van der Waals surface area (Å²) in [7, 11) is 0. The Bertz CT molecular complexity index is 836. The normalized spacial score (nSPS) is 11.1. The zero-order valence-electron chi connectivity index (χ0n) is 10.9. The molecule has 0 aliphatic heterocycles. The second-order valence-electron chi connectivity index (χ2n) is 4.33. The van der Waals surface area contributed by atoms with Gasteiger partial charge in [0, 0.05) is 10.6 Å². The Hall–Kier alpha value is -2.24. The molecule has 0 unspecified atom stereocenters. The highest BCUT2D eigenvalue weighted by Crippen LogP contribution is 2.16. The van der Waals surface area contributed by atoms with Crippen molar-refractivity contribution in [3.63, 3.8) is 0 Å². The number of benzene rings is 2. The van der Waals surface area contributed by atoms with E-state index in [1.54, 1.807) is 10.9 Å². The Balaban J connectivity index is 2.00. The molecule has 0 radical (unpaired) electrons. The third-order valence-corrected chi connectivity index (χ3v) is 3.35. The van der Waals surface area contributed by atoms with Crippen LogP contribution in [-0.4, -0.2) is 21.1 Å². The van der Waals surface area contributed by atoms with E-state index >= 15 is 0 Å². The summed E-state index contributed by atoms with van der Waals surface area (Å²) in [5.41, 5.74) is 1.83. The summed E-state index contributed by atoms with van der Waals surface area (Å²) in [6.07, 6.45) is 1.70. The van der Waals surface area contributed by atoms with Gasteiger partial charge in [0.15, 0.2) is 5.82 Å². The summed E-state index contributed by atoms with van der Waals surface area (Å²) < 4.78 is 2.03. The number of halogens is 1. The molecule has 0 amide bonds. The van der Waals surface area contributed by atoms with Gasteiger partial charge in [0.2, 0.25) is 4.77 Å². The molecule has 0 aliphatic rings. The van der Waals surface area contributed by atoms with Gasteiger partial charge in [-0.05, 0) is 29.9 Å². The van der Waals surface area contributed by atoms with Crippen LogP contribution in [0.2, 0.25) is 5.02 Å². The molecule has 4 nitrogen and oxygen atoms in total. The summed E-state index contributed by atoms with van der Waals surface area (Å²) in [6.45, 7) is 0. The number of nitrogens with one attached hydrogen (secondary N) is 1. The number of rotatable bonds is 3. The highest BCUT2D eigenvalue weighted by Gasteiger charge is 2.06. The Morgan fingerprint density at radius 2 is 1.95 bits per heavy atom. The summed E-state index contributed by atoms with van der Waals surface area (Å²) in [4.78, 5) is 0. The van der Waals surface area contributed by atoms with Gasteiger partial charge in [-0.15, -0.1) is 0 Å². The second kappa shape index (κ2) is 6.03. The zero-order chi connectivity index (χ0) is 14.7. The third kappa shape index (κ3) is 3.09. The number of aromatic nitrogens is 3. The van der Waals surface area contributed by atoms with Crippen LogP contribution in [0.4, 0.5) is 0 Å². The first-order valence-electron chi connectivity index (χ1n) is 6.27. The van der Waals surface area contributed by atoms with Gasteiger partial charge in [-0.2, -0.15) is 14.9 Å². The molecule has 2 aromatic carbocycles. The highest BCUT2D eigenvalue weighted by molar-refractivity contribution is 7.71. The fourth-order valence-corrected chi connectivity index (χ4v) is 2.26. The minimum absolute atomic E-state index is 0.437. The molecule has 0 saturated carbocycles. The maximum Gasteiger partial charge on any atom is 0.216 e. The van der Waals surface area contributed by atoms with Crippen LogP contribution in [0.15, 0.2) is 59.7 Å². The van der Waals surface area contributed by atoms with Crippen molar-refractivity contribution < 1.29 is 0 Å². The molecule has 1 N–H and O–H groups in total. The first kappa shape index (κ1) is 13.7. The summed E-state index contributed by atoms with van der Waals surface area (Å²) in [5, 5.41) is 12.0. The molecule has 6 heteroatoms. The molecular formula is C15H11ClN4S. The lowest BCUT2D eigenvalue weighted by Gasteiger charge is -2.00. The molecule has 0 bridgehead atoms. The molecule has 0 spiro atoms. The lowest BCUT2D eigenvalue weighted by molar-refractivity contribution is 0.871. The quantitative estimate of drug-likeness (QED) is 0.583. The smallest absolute Gasteiger partial charge is 0.216 e. The van der Waals surface area contributed by atoms with Crippen molar-refractivity contribution in [1.29, 1.82) is 0 Å². The predicted molar refractivity (Wildman–Crippen MR) is 87.3 cm³/mol. The van der Waals surface area contributed by atoms with Crippen molar-refractivity contribution in [2.24, 2.45) is 5.10 Å². The molecule has 0 atom stereocenters. The molecule has 104 valence electrons. The van der Waals surface area contributed by atoms with Gasteiger partial charge < -0.3 is 0 Å². The first-order valence-corrected chi connectivity index (χ1v) is 7.05. The minimum atomic E-state index is 0.437. The van der Waals surface area contributed by atoms with Crippen LogP contribution in [0.5, 0.6) is 0 Å². The van der Waals surface area contributed by atoms with Crippen LogP contribution in [0.3, 0.4) is 0 Å². The lowest BCUT2D eigenvalue weighted by Crippen LogP contribution is -1.94. The molecule has 1 aromatic heterocycles. The van der Waals surface area contributed by atoms with E-state index in [0.717, 1.165) is 11.1 Å². The molecule has 0 saturated heterocycles. The zero-order valence-corrected chi connectivity index (χ0v) is 12.5. The van der Waals surface area contributed by atoms with E-state index in [9.17, 15) is 0 Å². The third-order valence-electron chi connectivity index (χ3n) is 2.85. The maximum atomic E-state index is 5.96. The van der Waals surface area contributed by atoms with E-state index in [4.69, 9.17) is 23.8 Å². The van der Waals surface area contributed by atoms with Gasteiger partial charge in [-0.3, -0.25) is 0 Å². The topological polar surface area (TPSA) is 46.0 Å². The maximum absolute atomic E-state index is 5.96. The molecule has 0 aliphatic carbocycles. The fourth-order valence-electron chi connectivity index (χ4n) is 1.88. The molecule has 3 aromatic rings. The van der Waals surface area contributed by atoms with Gasteiger partial charge in [-0.25, -0.2) is 5.10 Å². The SMILES string of the molecule is S=c1[nH]nc(-c2ccccc2)n1N=Cc1cccc(Cl)c1. The Labute approximate surface area is 131 Å². The van der Waals surface area contributed by atoms with Crippen LogP contribution < -0.4 is 0 Å². The number of nitrogens with zero attached hydrogens (tertiary/aromatic N) is 3. The number of H-pyrrole nitrogens is 1. The van der Waals surface area contributed by atoms with Crippen LogP contribution in [0.25, 0.3) is 11.4 Å². The molecule has 3 rings (SSSR count). The van der Waals surface area contributed by atoms with Crippen LogP contribution in [0.1, 0.15) is 5.56 Å². The van der Waals surface area contributed by atoms with Crippen molar-refractivity contribution in [2.75, 3.05) is 0 Å². The van der Waals surface area contributed by atoms with Crippen molar-refractivity contribution in [1.82, 2.24) is 14.9 Å². The molecule has 1 heterocycles. The molecule has 0 fully saturated rings. The Kier molecular flexibility index (Phi) is 3.94. The van der Waals surface area contributed by atoms with Crippen molar-refractivity contribution in [2.45, 2.75) is 0 Å². The van der Waals surface area contributed by atoms with Crippen LogP contribution >= 0.6 is 23.8 Å². The molecular weight excluding hydrogens is 304 g/mol. The predicted octanol–water partition coefficient (Wildman–Crippen LogP) is 4.14. The average Bonchev–Trinajstić information content (AvgIpc) is 2.87. The standard InChI is InChI=1S/C15H11ClN4S/c16-13-8-4-5-11(9-13)10-17-20-14(18-19-15(20)21)12-6-2-1-3-7-12/h1-10H,(H,19,21). The monoisotopic (exact) mass is 314 g/mol. The van der Waals surface area contributed by atoms with E-state index in [2.05, 4.69) is 15.3 Å². The number of aromatic amines is 1. The van der Waals surface area contributed by atoms with E-state index < -0.39 is 0 Å². The Morgan fingerprint density at radius 3 is 2.71 bits per heavy atom. The minimum Gasteiger partial charge on any atom is -0.250 e. The van der Waals surface area contributed by atoms with E-state index in [0.29, 0.717) is 15.6 Å². The lowest BCUT2D eigenvalue weighted by atomic mass is 10.2. The van der Waals surface area contributed by atoms with Gasteiger partial charge >= 0.3 is 0 Å². The molecule has 21 heavy (non-hydrogen) atoms. The summed E-state index contributed by atoms with van der Waals surface area (Å²) in [5.74, 6) is 0.666. The van der Waals surface area contributed by atoms with Gasteiger partial charge in [-0.1, -0.05) is 54.1 Å². The number of hydrogen-bond donors (Lipinski definition) is 1. The van der Waals surface area contributed by atoms with E-state index in [1.807, 2.05) is 54.6 Å².